The standard InChI is InChI=1S/C18H31NO2/c1-7-12-19-17(18(8-2,9-3)21-6)15-13-14(4)10-11-16(15)20-5/h10-11,13,17,19H,7-9,12H2,1-6H3. The van der Waals surface area contributed by atoms with Gasteiger partial charge in [0.1, 0.15) is 5.75 Å². The molecule has 3 nitrogen and oxygen atoms in total. The summed E-state index contributed by atoms with van der Waals surface area (Å²) in [5, 5.41) is 3.68. The number of rotatable bonds is 9. The van der Waals surface area contributed by atoms with Crippen LogP contribution in [0.2, 0.25) is 0 Å². The van der Waals surface area contributed by atoms with E-state index in [2.05, 4.69) is 51.2 Å². The van der Waals surface area contributed by atoms with Gasteiger partial charge in [0.05, 0.1) is 18.8 Å². The molecule has 0 spiro atoms. The average molecular weight is 293 g/mol. The van der Waals surface area contributed by atoms with Crippen LogP contribution in [0, 0.1) is 6.92 Å². The summed E-state index contributed by atoms with van der Waals surface area (Å²) in [7, 11) is 3.55. The molecular formula is C18H31NO2. The zero-order valence-electron chi connectivity index (χ0n) is 14.5. The molecule has 120 valence electrons. The van der Waals surface area contributed by atoms with E-state index in [0.29, 0.717) is 0 Å². The quantitative estimate of drug-likeness (QED) is 0.738. The lowest BCUT2D eigenvalue weighted by Crippen LogP contribution is -2.45. The summed E-state index contributed by atoms with van der Waals surface area (Å²) in [5.74, 6) is 0.928. The molecule has 0 bridgehead atoms. The molecule has 0 aliphatic carbocycles. The van der Waals surface area contributed by atoms with Crippen molar-refractivity contribution in [3.05, 3.63) is 29.3 Å². The van der Waals surface area contributed by atoms with E-state index in [4.69, 9.17) is 9.47 Å². The Morgan fingerprint density at radius 1 is 1.14 bits per heavy atom. The van der Waals surface area contributed by atoms with Crippen molar-refractivity contribution >= 4 is 0 Å². The summed E-state index contributed by atoms with van der Waals surface area (Å²) < 4.78 is 11.6. The van der Waals surface area contributed by atoms with Gasteiger partial charge in [-0.3, -0.25) is 0 Å². The van der Waals surface area contributed by atoms with Gasteiger partial charge in [-0.05, 0) is 38.8 Å². The largest absolute Gasteiger partial charge is 0.496 e. The van der Waals surface area contributed by atoms with Gasteiger partial charge in [0.15, 0.2) is 0 Å². The minimum absolute atomic E-state index is 0.132. The Hall–Kier alpha value is -1.06. The number of aryl methyl sites for hydroxylation is 1. The van der Waals surface area contributed by atoms with E-state index < -0.39 is 0 Å². The van der Waals surface area contributed by atoms with E-state index in [1.54, 1.807) is 7.11 Å². The minimum atomic E-state index is -0.212. The topological polar surface area (TPSA) is 30.5 Å². The fraction of sp³-hybridized carbons (Fsp3) is 0.667. The second-order valence-electron chi connectivity index (χ2n) is 5.61. The maximum absolute atomic E-state index is 5.97. The van der Waals surface area contributed by atoms with Crippen LogP contribution in [-0.2, 0) is 4.74 Å². The molecule has 1 rings (SSSR count). The number of benzene rings is 1. The Kier molecular flexibility index (Phi) is 7.20. The van der Waals surface area contributed by atoms with Gasteiger partial charge in [0.2, 0.25) is 0 Å². The first-order valence-corrected chi connectivity index (χ1v) is 8.01. The molecule has 1 aromatic rings. The molecule has 0 fully saturated rings. The van der Waals surface area contributed by atoms with E-state index in [1.165, 1.54) is 11.1 Å². The van der Waals surface area contributed by atoms with Crippen molar-refractivity contribution in [1.82, 2.24) is 5.32 Å². The maximum Gasteiger partial charge on any atom is 0.123 e. The molecule has 0 radical (unpaired) electrons. The molecule has 0 saturated heterocycles. The SMILES string of the molecule is CCCNC(c1cc(C)ccc1OC)C(CC)(CC)OC. The first kappa shape index (κ1) is 18.0. The number of methoxy groups -OCH3 is 2. The van der Waals surface area contributed by atoms with Crippen LogP contribution >= 0.6 is 0 Å². The van der Waals surface area contributed by atoms with Crippen LogP contribution in [0.1, 0.15) is 57.2 Å². The van der Waals surface area contributed by atoms with E-state index >= 15 is 0 Å². The van der Waals surface area contributed by atoms with Gasteiger partial charge >= 0.3 is 0 Å². The van der Waals surface area contributed by atoms with E-state index in [9.17, 15) is 0 Å². The van der Waals surface area contributed by atoms with Crippen molar-refractivity contribution in [2.75, 3.05) is 20.8 Å². The normalized spacial score (nSPS) is 13.2. The summed E-state index contributed by atoms with van der Waals surface area (Å²) in [4.78, 5) is 0. The van der Waals surface area contributed by atoms with Crippen molar-refractivity contribution in [1.29, 1.82) is 0 Å². The maximum atomic E-state index is 5.97. The van der Waals surface area contributed by atoms with Crippen molar-refractivity contribution in [2.24, 2.45) is 0 Å². The number of nitrogens with one attached hydrogen (secondary N) is 1. The molecular weight excluding hydrogens is 262 g/mol. The summed E-state index contributed by atoms with van der Waals surface area (Å²) in [5.41, 5.74) is 2.22. The van der Waals surface area contributed by atoms with Gasteiger partial charge in [-0.2, -0.15) is 0 Å². The predicted octanol–water partition coefficient (Wildman–Crippen LogP) is 4.25. The number of hydrogen-bond acceptors (Lipinski definition) is 3. The summed E-state index contributed by atoms with van der Waals surface area (Å²) in [6.07, 6.45) is 3.01. The third-order valence-corrected chi connectivity index (χ3v) is 4.42. The van der Waals surface area contributed by atoms with Crippen molar-refractivity contribution in [3.8, 4) is 5.75 Å². The third-order valence-electron chi connectivity index (χ3n) is 4.42. The highest BCUT2D eigenvalue weighted by Gasteiger charge is 2.38. The molecule has 0 saturated carbocycles. The van der Waals surface area contributed by atoms with Crippen LogP contribution < -0.4 is 10.1 Å². The monoisotopic (exact) mass is 293 g/mol. The van der Waals surface area contributed by atoms with Gasteiger partial charge < -0.3 is 14.8 Å². The van der Waals surface area contributed by atoms with E-state index in [0.717, 1.165) is 31.6 Å². The molecule has 1 unspecified atom stereocenters. The fourth-order valence-corrected chi connectivity index (χ4v) is 3.01. The summed E-state index contributed by atoms with van der Waals surface area (Å²) in [6.45, 7) is 9.65. The molecule has 0 aliphatic heterocycles. The first-order chi connectivity index (χ1) is 10.1. The lowest BCUT2D eigenvalue weighted by Gasteiger charge is -2.40. The summed E-state index contributed by atoms with van der Waals surface area (Å²) >= 11 is 0. The zero-order chi connectivity index (χ0) is 15.9. The van der Waals surface area contributed by atoms with Gasteiger partial charge in [-0.1, -0.05) is 38.5 Å². The number of hydrogen-bond donors (Lipinski definition) is 1. The summed E-state index contributed by atoms with van der Waals surface area (Å²) in [6, 6.07) is 6.49. The predicted molar refractivity (Wildman–Crippen MR) is 89.1 cm³/mol. The molecule has 1 N–H and O–H groups in total. The third kappa shape index (κ3) is 3.98. The van der Waals surface area contributed by atoms with Gasteiger partial charge in [-0.15, -0.1) is 0 Å². The lowest BCUT2D eigenvalue weighted by molar-refractivity contribution is -0.0490. The van der Waals surface area contributed by atoms with Crippen LogP contribution in [0.15, 0.2) is 18.2 Å². The molecule has 3 heteroatoms. The molecule has 21 heavy (non-hydrogen) atoms. The van der Waals surface area contributed by atoms with Crippen molar-refractivity contribution in [3.63, 3.8) is 0 Å². The molecule has 0 aromatic heterocycles. The fourth-order valence-electron chi connectivity index (χ4n) is 3.01. The lowest BCUT2D eigenvalue weighted by atomic mass is 9.82. The second-order valence-corrected chi connectivity index (χ2v) is 5.61. The van der Waals surface area contributed by atoms with Crippen LogP contribution in [0.5, 0.6) is 5.75 Å². The van der Waals surface area contributed by atoms with Gasteiger partial charge in [0, 0.05) is 12.7 Å². The van der Waals surface area contributed by atoms with Crippen molar-refractivity contribution < 1.29 is 9.47 Å². The average Bonchev–Trinajstić information content (AvgIpc) is 2.52. The molecule has 0 heterocycles. The zero-order valence-corrected chi connectivity index (χ0v) is 14.5. The van der Waals surface area contributed by atoms with Gasteiger partial charge in [-0.25, -0.2) is 0 Å². The molecule has 0 aliphatic rings. The molecule has 0 amide bonds. The highest BCUT2D eigenvalue weighted by atomic mass is 16.5. The highest BCUT2D eigenvalue weighted by molar-refractivity contribution is 5.40. The molecule has 1 atom stereocenters. The Labute approximate surface area is 130 Å². The van der Waals surface area contributed by atoms with Crippen LogP contribution in [0.3, 0.4) is 0 Å². The minimum Gasteiger partial charge on any atom is -0.496 e. The smallest absolute Gasteiger partial charge is 0.123 e. The van der Waals surface area contributed by atoms with E-state index in [1.807, 2.05) is 7.11 Å². The van der Waals surface area contributed by atoms with Crippen LogP contribution in [0.4, 0.5) is 0 Å². The number of ether oxygens (including phenoxy) is 2. The highest BCUT2D eigenvalue weighted by Crippen LogP contribution is 2.39. The Balaban J connectivity index is 3.33. The Morgan fingerprint density at radius 3 is 2.29 bits per heavy atom. The molecule has 1 aromatic carbocycles. The van der Waals surface area contributed by atoms with Crippen LogP contribution in [0.25, 0.3) is 0 Å². The second kappa shape index (κ2) is 8.40. The van der Waals surface area contributed by atoms with Crippen LogP contribution in [-0.4, -0.2) is 26.4 Å². The van der Waals surface area contributed by atoms with Gasteiger partial charge in [0.25, 0.3) is 0 Å². The van der Waals surface area contributed by atoms with Crippen molar-refractivity contribution in [2.45, 2.75) is 58.6 Å². The Bertz CT molecular complexity index is 419. The first-order valence-electron chi connectivity index (χ1n) is 8.01. The Morgan fingerprint density at radius 2 is 1.81 bits per heavy atom. The van der Waals surface area contributed by atoms with E-state index in [-0.39, 0.29) is 11.6 Å².